The van der Waals surface area contributed by atoms with Gasteiger partial charge in [-0.2, -0.15) is 0 Å². The summed E-state index contributed by atoms with van der Waals surface area (Å²) in [5.74, 6) is -0.230. The first-order valence-electron chi connectivity index (χ1n) is 6.49. The van der Waals surface area contributed by atoms with Crippen LogP contribution in [0.15, 0.2) is 28.7 Å². The molecule has 0 aliphatic carbocycles. The lowest BCUT2D eigenvalue weighted by Crippen LogP contribution is -2.03. The molecule has 0 saturated heterocycles. The molecule has 2 aromatic carbocycles. The number of alkyl halides is 1. The first kappa shape index (κ1) is 15.7. The molecule has 0 amide bonds. The molecule has 0 N–H and O–H groups in total. The van der Waals surface area contributed by atoms with Crippen molar-refractivity contribution in [3.8, 4) is 0 Å². The topological polar surface area (TPSA) is 0 Å². The van der Waals surface area contributed by atoms with Gasteiger partial charge >= 0.3 is 0 Å². The minimum Gasteiger partial charge on any atom is -0.206 e. The third-order valence-corrected chi connectivity index (χ3v) is 5.54. The second kappa shape index (κ2) is 5.98. The average Bonchev–Trinajstić information content (AvgIpc) is 2.40. The summed E-state index contributed by atoms with van der Waals surface area (Å²) in [6.45, 7) is 8.49. The number of aryl methyl sites for hydroxylation is 2. The normalized spacial score (nSPS) is 12.6. The molecule has 0 fully saturated rings. The second-order valence-electron chi connectivity index (χ2n) is 5.21. The van der Waals surface area contributed by atoms with Gasteiger partial charge in [0.15, 0.2) is 0 Å². The lowest BCUT2D eigenvalue weighted by Gasteiger charge is -2.20. The Morgan fingerprint density at radius 1 is 0.950 bits per heavy atom. The average molecular weight is 400 g/mol. The van der Waals surface area contributed by atoms with Gasteiger partial charge < -0.3 is 0 Å². The highest BCUT2D eigenvalue weighted by Gasteiger charge is 2.18. The van der Waals surface area contributed by atoms with Crippen molar-refractivity contribution in [2.75, 3.05) is 0 Å². The first-order valence-corrected chi connectivity index (χ1v) is 8.20. The van der Waals surface area contributed by atoms with E-state index in [-0.39, 0.29) is 10.6 Å². The van der Waals surface area contributed by atoms with Crippen molar-refractivity contribution in [3.63, 3.8) is 0 Å². The fourth-order valence-electron chi connectivity index (χ4n) is 2.46. The standard InChI is InChI=1S/C17H17Br2F/c1-9-7-10(2)12(4)16(11(9)3)17(19)13-5-6-14(18)15(20)8-13/h5-8,17H,1-4H3. The molecule has 20 heavy (non-hydrogen) atoms. The number of hydrogen-bond acceptors (Lipinski definition) is 0. The van der Waals surface area contributed by atoms with Crippen LogP contribution in [0.4, 0.5) is 4.39 Å². The summed E-state index contributed by atoms with van der Waals surface area (Å²) in [7, 11) is 0. The third-order valence-electron chi connectivity index (χ3n) is 3.91. The van der Waals surface area contributed by atoms with Crippen molar-refractivity contribution in [1.29, 1.82) is 0 Å². The van der Waals surface area contributed by atoms with Crippen molar-refractivity contribution < 1.29 is 4.39 Å². The second-order valence-corrected chi connectivity index (χ2v) is 6.98. The summed E-state index contributed by atoms with van der Waals surface area (Å²) >= 11 is 6.94. The lowest BCUT2D eigenvalue weighted by atomic mass is 9.90. The zero-order chi connectivity index (χ0) is 15.0. The Labute approximate surface area is 136 Å². The molecule has 0 saturated carbocycles. The predicted octanol–water partition coefficient (Wildman–Crippen LogP) is 6.31. The van der Waals surface area contributed by atoms with E-state index in [1.54, 1.807) is 12.1 Å². The van der Waals surface area contributed by atoms with Crippen molar-refractivity contribution in [2.24, 2.45) is 0 Å². The largest absolute Gasteiger partial charge is 0.206 e. The minimum atomic E-state index is -0.230. The highest BCUT2D eigenvalue weighted by atomic mass is 79.9. The van der Waals surface area contributed by atoms with Gasteiger partial charge in [0.05, 0.1) is 9.30 Å². The first-order chi connectivity index (χ1) is 9.32. The molecule has 0 nitrogen and oxygen atoms in total. The Hall–Kier alpha value is -0.670. The SMILES string of the molecule is Cc1cc(C)c(C)c(C(Br)c2ccc(Br)c(F)c2)c1C. The van der Waals surface area contributed by atoms with Crippen LogP contribution in [0.5, 0.6) is 0 Å². The zero-order valence-electron chi connectivity index (χ0n) is 12.0. The fraction of sp³-hybridized carbons (Fsp3) is 0.294. The maximum Gasteiger partial charge on any atom is 0.137 e. The Morgan fingerprint density at radius 3 is 2.00 bits per heavy atom. The van der Waals surface area contributed by atoms with Gasteiger partial charge in [0.1, 0.15) is 5.82 Å². The monoisotopic (exact) mass is 398 g/mol. The van der Waals surface area contributed by atoms with Crippen molar-refractivity contribution in [3.05, 3.63) is 67.9 Å². The molecule has 0 aromatic heterocycles. The summed E-state index contributed by atoms with van der Waals surface area (Å²) < 4.78 is 14.2. The van der Waals surface area contributed by atoms with Crippen LogP contribution in [-0.4, -0.2) is 0 Å². The van der Waals surface area contributed by atoms with Crippen LogP contribution in [0.3, 0.4) is 0 Å². The predicted molar refractivity (Wildman–Crippen MR) is 90.3 cm³/mol. The molecule has 3 heteroatoms. The van der Waals surface area contributed by atoms with Crippen molar-refractivity contribution in [2.45, 2.75) is 32.5 Å². The molecule has 0 radical (unpaired) electrons. The van der Waals surface area contributed by atoms with Crippen LogP contribution < -0.4 is 0 Å². The van der Waals surface area contributed by atoms with E-state index in [0.29, 0.717) is 4.47 Å². The van der Waals surface area contributed by atoms with Crippen molar-refractivity contribution >= 4 is 31.9 Å². The van der Waals surface area contributed by atoms with Crippen molar-refractivity contribution in [1.82, 2.24) is 0 Å². The summed E-state index contributed by atoms with van der Waals surface area (Å²) in [6, 6.07) is 7.49. The Kier molecular flexibility index (Phi) is 4.70. The third kappa shape index (κ3) is 2.84. The van der Waals surface area contributed by atoms with Gasteiger partial charge in [0, 0.05) is 0 Å². The summed E-state index contributed by atoms with van der Waals surface area (Å²) in [4.78, 5) is 0.00343. The minimum absolute atomic E-state index is 0.00343. The smallest absolute Gasteiger partial charge is 0.137 e. The molecule has 0 aliphatic heterocycles. The van der Waals surface area contributed by atoms with Crippen LogP contribution in [0.25, 0.3) is 0 Å². The van der Waals surface area contributed by atoms with Gasteiger partial charge in [-0.3, -0.25) is 0 Å². The summed E-state index contributed by atoms with van der Waals surface area (Å²) in [5, 5.41) is 0. The zero-order valence-corrected chi connectivity index (χ0v) is 15.2. The maximum atomic E-state index is 13.7. The van der Waals surface area contributed by atoms with Crippen LogP contribution in [-0.2, 0) is 0 Å². The molecule has 106 valence electrons. The van der Waals surface area contributed by atoms with Crippen LogP contribution in [0, 0.1) is 33.5 Å². The van der Waals surface area contributed by atoms with Gasteiger partial charge in [-0.15, -0.1) is 0 Å². The quantitative estimate of drug-likeness (QED) is 0.519. The molecule has 2 aromatic rings. The molecular formula is C17H17Br2F. The van der Waals surface area contributed by atoms with Crippen LogP contribution in [0.1, 0.15) is 38.2 Å². The summed E-state index contributed by atoms with van der Waals surface area (Å²) in [6.07, 6.45) is 0. The highest BCUT2D eigenvalue weighted by Crippen LogP contribution is 2.38. The summed E-state index contributed by atoms with van der Waals surface area (Å²) in [5.41, 5.74) is 7.23. The molecule has 1 unspecified atom stereocenters. The molecule has 0 aliphatic rings. The van der Waals surface area contributed by atoms with E-state index in [1.165, 1.54) is 27.8 Å². The van der Waals surface area contributed by atoms with Gasteiger partial charge in [-0.25, -0.2) is 4.39 Å². The maximum absolute atomic E-state index is 13.7. The molecular weight excluding hydrogens is 383 g/mol. The van der Waals surface area contributed by atoms with Crippen LogP contribution in [0.2, 0.25) is 0 Å². The van der Waals surface area contributed by atoms with E-state index in [0.717, 1.165) is 5.56 Å². The molecule has 1 atom stereocenters. The number of hydrogen-bond donors (Lipinski definition) is 0. The van der Waals surface area contributed by atoms with E-state index >= 15 is 0 Å². The number of halogens is 3. The molecule has 2 rings (SSSR count). The Bertz CT molecular complexity index is 636. The van der Waals surface area contributed by atoms with E-state index in [4.69, 9.17) is 0 Å². The molecule has 0 spiro atoms. The fourth-order valence-corrected chi connectivity index (χ4v) is 3.68. The number of benzene rings is 2. The number of rotatable bonds is 2. The van der Waals surface area contributed by atoms with E-state index < -0.39 is 0 Å². The van der Waals surface area contributed by atoms with Gasteiger partial charge in [-0.05, 0) is 89.1 Å². The van der Waals surface area contributed by atoms with E-state index in [9.17, 15) is 4.39 Å². The van der Waals surface area contributed by atoms with E-state index in [2.05, 4.69) is 65.6 Å². The molecule has 0 bridgehead atoms. The Morgan fingerprint density at radius 2 is 1.50 bits per heavy atom. The van der Waals surface area contributed by atoms with E-state index in [1.807, 2.05) is 6.07 Å². The Balaban J connectivity index is 2.58. The highest BCUT2D eigenvalue weighted by molar-refractivity contribution is 9.10. The van der Waals surface area contributed by atoms with Gasteiger partial charge in [0.2, 0.25) is 0 Å². The van der Waals surface area contributed by atoms with Crippen LogP contribution >= 0.6 is 31.9 Å². The lowest BCUT2D eigenvalue weighted by molar-refractivity contribution is 0.619. The van der Waals surface area contributed by atoms with Gasteiger partial charge in [0.25, 0.3) is 0 Å². The molecule has 0 heterocycles. The van der Waals surface area contributed by atoms with Gasteiger partial charge in [-0.1, -0.05) is 28.1 Å².